The van der Waals surface area contributed by atoms with Gasteiger partial charge in [0.15, 0.2) is 0 Å². The zero-order valence-electron chi connectivity index (χ0n) is 12.8. The maximum absolute atomic E-state index is 11.4. The number of carbonyl (C=O) groups excluding carboxylic acids is 1. The minimum absolute atomic E-state index is 0.177. The fourth-order valence-corrected chi connectivity index (χ4v) is 2.81. The zero-order valence-corrected chi connectivity index (χ0v) is 14.4. The average molecular weight is 361 g/mol. The Morgan fingerprint density at radius 2 is 2.04 bits per heavy atom. The fourth-order valence-electron chi connectivity index (χ4n) is 2.41. The number of hydrogen-bond donors (Lipinski definition) is 1. The third-order valence-electron chi connectivity index (χ3n) is 3.52. The number of rotatable bonds is 4. The van der Waals surface area contributed by atoms with Crippen molar-refractivity contribution in [2.24, 2.45) is 0 Å². The molecule has 0 radical (unpaired) electrons. The van der Waals surface area contributed by atoms with Gasteiger partial charge in [0.1, 0.15) is 12.4 Å². The quantitative estimate of drug-likeness (QED) is 0.705. The molecular formula is C18H14Cl2N2O2. The number of anilines is 1. The number of fused-ring (bicyclic) bond motifs is 1. The van der Waals surface area contributed by atoms with Crippen molar-refractivity contribution >= 4 is 45.6 Å². The van der Waals surface area contributed by atoms with Gasteiger partial charge in [0.05, 0.1) is 10.0 Å². The summed E-state index contributed by atoms with van der Waals surface area (Å²) in [6, 6.07) is 11.0. The van der Waals surface area contributed by atoms with E-state index in [1.54, 1.807) is 24.5 Å². The molecule has 0 atom stereocenters. The normalized spacial score (nSPS) is 10.6. The van der Waals surface area contributed by atoms with E-state index in [4.69, 9.17) is 27.9 Å². The van der Waals surface area contributed by atoms with Crippen LogP contribution in [-0.2, 0) is 11.4 Å². The highest BCUT2D eigenvalue weighted by Crippen LogP contribution is 2.33. The number of nitrogens with zero attached hydrogens (tertiary/aromatic N) is 1. The summed E-state index contributed by atoms with van der Waals surface area (Å²) in [6.45, 7) is 1.61. The number of halogens is 2. The summed E-state index contributed by atoms with van der Waals surface area (Å²) in [4.78, 5) is 15.5. The average Bonchev–Trinajstić information content (AvgIpc) is 2.57. The summed E-state index contributed by atoms with van der Waals surface area (Å²) in [5, 5.41) is 5.45. The maximum Gasteiger partial charge on any atom is 0.221 e. The van der Waals surface area contributed by atoms with Crippen molar-refractivity contribution in [1.82, 2.24) is 4.98 Å². The third kappa shape index (κ3) is 3.45. The van der Waals surface area contributed by atoms with E-state index in [0.717, 1.165) is 10.8 Å². The lowest BCUT2D eigenvalue weighted by Gasteiger charge is -2.15. The van der Waals surface area contributed by atoms with Crippen LogP contribution >= 0.6 is 23.2 Å². The van der Waals surface area contributed by atoms with Gasteiger partial charge in [-0.1, -0.05) is 35.3 Å². The molecule has 0 saturated carbocycles. The van der Waals surface area contributed by atoms with Gasteiger partial charge in [-0.25, -0.2) is 0 Å². The van der Waals surface area contributed by atoms with Crippen molar-refractivity contribution in [2.45, 2.75) is 13.5 Å². The van der Waals surface area contributed by atoms with Gasteiger partial charge in [-0.15, -0.1) is 0 Å². The molecule has 0 spiro atoms. The van der Waals surface area contributed by atoms with Crippen LogP contribution in [0.15, 0.2) is 48.8 Å². The van der Waals surface area contributed by atoms with Gasteiger partial charge < -0.3 is 10.1 Å². The molecule has 1 aromatic heterocycles. The summed E-state index contributed by atoms with van der Waals surface area (Å²) in [7, 11) is 0. The molecule has 3 aromatic rings. The Morgan fingerprint density at radius 1 is 1.21 bits per heavy atom. The fraction of sp³-hybridized carbons (Fsp3) is 0.111. The molecule has 1 heterocycles. The van der Waals surface area contributed by atoms with Gasteiger partial charge in [0, 0.05) is 41.3 Å². The molecule has 6 heteroatoms. The first-order chi connectivity index (χ1) is 11.6. The van der Waals surface area contributed by atoms with Crippen molar-refractivity contribution < 1.29 is 9.53 Å². The first kappa shape index (κ1) is 16.6. The summed E-state index contributed by atoms with van der Waals surface area (Å²) in [5.74, 6) is 0.519. The summed E-state index contributed by atoms with van der Waals surface area (Å²) in [6.07, 6.45) is 3.49. The third-order valence-corrected chi connectivity index (χ3v) is 4.36. The number of benzene rings is 2. The number of hydrogen-bond acceptors (Lipinski definition) is 3. The first-order valence-corrected chi connectivity index (χ1v) is 8.02. The lowest BCUT2D eigenvalue weighted by molar-refractivity contribution is -0.114. The van der Waals surface area contributed by atoms with Crippen LogP contribution < -0.4 is 10.1 Å². The molecule has 0 saturated heterocycles. The number of nitrogens with one attached hydrogen (secondary N) is 1. The topological polar surface area (TPSA) is 51.2 Å². The second-order valence-electron chi connectivity index (χ2n) is 5.21. The molecule has 1 amide bonds. The van der Waals surface area contributed by atoms with E-state index in [9.17, 15) is 4.79 Å². The molecular weight excluding hydrogens is 347 g/mol. The van der Waals surface area contributed by atoms with E-state index in [1.165, 1.54) is 6.92 Å². The predicted molar refractivity (Wildman–Crippen MR) is 96.8 cm³/mol. The highest BCUT2D eigenvalue weighted by atomic mass is 35.5. The van der Waals surface area contributed by atoms with E-state index in [-0.39, 0.29) is 12.5 Å². The van der Waals surface area contributed by atoms with Gasteiger partial charge >= 0.3 is 0 Å². The van der Waals surface area contributed by atoms with Crippen LogP contribution in [0, 0.1) is 0 Å². The summed E-state index contributed by atoms with van der Waals surface area (Å²) in [5.41, 5.74) is 1.21. The Balaban J connectivity index is 1.93. The Bertz CT molecular complexity index is 907. The summed E-state index contributed by atoms with van der Waals surface area (Å²) < 4.78 is 5.94. The molecule has 24 heavy (non-hydrogen) atoms. The molecule has 0 aliphatic rings. The number of amides is 1. The van der Waals surface area contributed by atoms with Crippen LogP contribution in [0.4, 0.5) is 5.69 Å². The molecule has 0 fully saturated rings. The standard InChI is InChI=1S/C18H14Cl2N2O2/c1-11(23)22-16-6-5-15(19)18(20)14(16)10-24-17-4-2-3-12-9-21-8-7-13(12)17/h2-9H,10H2,1H3,(H,22,23). The molecule has 0 aliphatic carbocycles. The lowest BCUT2D eigenvalue weighted by atomic mass is 10.1. The van der Waals surface area contributed by atoms with Crippen LogP contribution in [0.25, 0.3) is 10.8 Å². The molecule has 0 aliphatic heterocycles. The van der Waals surface area contributed by atoms with E-state index in [1.807, 2.05) is 24.3 Å². The molecule has 0 unspecified atom stereocenters. The Kier molecular flexibility index (Phi) is 4.88. The van der Waals surface area contributed by atoms with Crippen LogP contribution in [0.5, 0.6) is 5.75 Å². The number of aromatic nitrogens is 1. The largest absolute Gasteiger partial charge is 0.488 e. The monoisotopic (exact) mass is 360 g/mol. The highest BCUT2D eigenvalue weighted by Gasteiger charge is 2.13. The molecule has 1 N–H and O–H groups in total. The van der Waals surface area contributed by atoms with Gasteiger partial charge in [-0.05, 0) is 24.3 Å². The Labute approximate surface area is 149 Å². The van der Waals surface area contributed by atoms with Crippen LogP contribution in [0.3, 0.4) is 0 Å². The van der Waals surface area contributed by atoms with Crippen molar-refractivity contribution in [3.63, 3.8) is 0 Å². The van der Waals surface area contributed by atoms with Gasteiger partial charge in [0.25, 0.3) is 0 Å². The molecule has 2 aromatic carbocycles. The van der Waals surface area contributed by atoms with Crippen molar-refractivity contribution in [1.29, 1.82) is 0 Å². The second-order valence-corrected chi connectivity index (χ2v) is 6.00. The SMILES string of the molecule is CC(=O)Nc1ccc(Cl)c(Cl)c1COc1cccc2cnccc12. The number of ether oxygens (including phenoxy) is 1. The smallest absolute Gasteiger partial charge is 0.221 e. The van der Waals surface area contributed by atoms with Crippen LogP contribution in [0.2, 0.25) is 10.0 Å². The van der Waals surface area contributed by atoms with Crippen LogP contribution in [-0.4, -0.2) is 10.9 Å². The molecule has 122 valence electrons. The minimum Gasteiger partial charge on any atom is -0.488 e. The van der Waals surface area contributed by atoms with Crippen molar-refractivity contribution in [2.75, 3.05) is 5.32 Å². The van der Waals surface area contributed by atoms with Crippen LogP contribution in [0.1, 0.15) is 12.5 Å². The van der Waals surface area contributed by atoms with E-state index < -0.39 is 0 Å². The lowest BCUT2D eigenvalue weighted by Crippen LogP contribution is -2.10. The van der Waals surface area contributed by atoms with E-state index in [0.29, 0.717) is 27.0 Å². The van der Waals surface area contributed by atoms with Gasteiger partial charge in [-0.2, -0.15) is 0 Å². The Hall–Kier alpha value is -2.30. The predicted octanol–water partition coefficient (Wildman–Crippen LogP) is 5.08. The van der Waals surface area contributed by atoms with E-state index >= 15 is 0 Å². The van der Waals surface area contributed by atoms with Gasteiger partial charge in [-0.3, -0.25) is 9.78 Å². The zero-order chi connectivity index (χ0) is 17.1. The summed E-state index contributed by atoms with van der Waals surface area (Å²) >= 11 is 12.4. The molecule has 3 rings (SSSR count). The molecule has 4 nitrogen and oxygen atoms in total. The number of carbonyl (C=O) groups is 1. The van der Waals surface area contributed by atoms with Crippen molar-refractivity contribution in [3.05, 3.63) is 64.4 Å². The molecule has 0 bridgehead atoms. The number of pyridine rings is 1. The van der Waals surface area contributed by atoms with Crippen molar-refractivity contribution in [3.8, 4) is 5.75 Å². The Morgan fingerprint density at radius 3 is 2.83 bits per heavy atom. The minimum atomic E-state index is -0.189. The maximum atomic E-state index is 11.4. The first-order valence-electron chi connectivity index (χ1n) is 7.26. The van der Waals surface area contributed by atoms with E-state index in [2.05, 4.69) is 10.3 Å². The second kappa shape index (κ2) is 7.07. The van der Waals surface area contributed by atoms with Gasteiger partial charge in [0.2, 0.25) is 5.91 Å². The highest BCUT2D eigenvalue weighted by molar-refractivity contribution is 6.42.